The van der Waals surface area contributed by atoms with Gasteiger partial charge in [0.15, 0.2) is 5.78 Å². The maximum atomic E-state index is 12.3. The highest BCUT2D eigenvalue weighted by molar-refractivity contribution is 6.35. The first-order valence-electron chi connectivity index (χ1n) is 6.03. The van der Waals surface area contributed by atoms with Gasteiger partial charge in [-0.2, -0.15) is 0 Å². The van der Waals surface area contributed by atoms with Crippen molar-refractivity contribution in [3.8, 4) is 6.01 Å². The second-order valence-corrected chi connectivity index (χ2v) is 5.20. The summed E-state index contributed by atoms with van der Waals surface area (Å²) in [5.74, 6) is -0.353. The van der Waals surface area contributed by atoms with Crippen LogP contribution in [0.25, 0.3) is 0 Å². The summed E-state index contributed by atoms with van der Waals surface area (Å²) in [5, 5.41) is 0.667. The number of carbonyl (C=O) groups excluding carboxylic acids is 1. The Bertz CT molecular complexity index is 756. The molecule has 7 heteroatoms. The fourth-order valence-electron chi connectivity index (χ4n) is 1.84. The molecular weight excluding hydrogens is 315 g/mol. The summed E-state index contributed by atoms with van der Waals surface area (Å²) in [5.41, 5.74) is 0.394. The number of methoxy groups -OCH3 is 1. The molecule has 0 aliphatic carbocycles. The third-order valence-electron chi connectivity index (χ3n) is 2.81. The van der Waals surface area contributed by atoms with Crippen molar-refractivity contribution in [1.29, 1.82) is 0 Å². The molecule has 0 atom stereocenters. The fourth-order valence-corrected chi connectivity index (χ4v) is 2.23. The molecule has 0 N–H and O–H groups in total. The summed E-state index contributed by atoms with van der Waals surface area (Å²) in [6, 6.07) is 5.98. The van der Waals surface area contributed by atoms with Crippen molar-refractivity contribution in [1.82, 2.24) is 9.55 Å². The Hall–Kier alpha value is -1.85. The molecule has 0 saturated heterocycles. The summed E-state index contributed by atoms with van der Waals surface area (Å²) >= 11 is 11.8. The molecule has 0 aliphatic heterocycles. The molecule has 0 radical (unpaired) electrons. The summed E-state index contributed by atoms with van der Waals surface area (Å²) in [6.45, 7) is 1.44. The number of nitrogens with zero attached hydrogens (tertiary/aromatic N) is 2. The first-order valence-corrected chi connectivity index (χ1v) is 6.78. The molecule has 2 aromatic rings. The van der Waals surface area contributed by atoms with Gasteiger partial charge in [0.2, 0.25) is 0 Å². The van der Waals surface area contributed by atoms with E-state index in [0.717, 1.165) is 4.57 Å². The minimum Gasteiger partial charge on any atom is -0.468 e. The molecule has 2 rings (SSSR count). The number of hydrogen-bond donors (Lipinski definition) is 0. The average Bonchev–Trinajstić information content (AvgIpc) is 2.43. The van der Waals surface area contributed by atoms with Gasteiger partial charge in [-0.15, -0.1) is 0 Å². The van der Waals surface area contributed by atoms with Gasteiger partial charge in [0.05, 0.1) is 18.7 Å². The number of rotatable bonds is 4. The Kier molecular flexibility index (Phi) is 4.65. The van der Waals surface area contributed by atoms with E-state index in [0.29, 0.717) is 10.7 Å². The van der Waals surface area contributed by atoms with Crippen molar-refractivity contribution in [2.45, 2.75) is 13.5 Å². The van der Waals surface area contributed by atoms with Gasteiger partial charge in [0.25, 0.3) is 11.6 Å². The van der Waals surface area contributed by atoms with Gasteiger partial charge in [-0.05, 0) is 25.1 Å². The van der Waals surface area contributed by atoms with Crippen LogP contribution in [-0.2, 0) is 6.54 Å². The second kappa shape index (κ2) is 6.28. The number of hydrogen-bond acceptors (Lipinski definition) is 4. The number of ketones is 1. The van der Waals surface area contributed by atoms with Crippen molar-refractivity contribution in [3.05, 3.63) is 55.9 Å². The van der Waals surface area contributed by atoms with Gasteiger partial charge in [-0.1, -0.05) is 23.2 Å². The zero-order valence-electron chi connectivity index (χ0n) is 11.4. The van der Waals surface area contributed by atoms with Crippen molar-refractivity contribution in [3.63, 3.8) is 0 Å². The molecule has 0 amide bonds. The van der Waals surface area contributed by atoms with Crippen LogP contribution in [0.2, 0.25) is 10.0 Å². The number of benzene rings is 1. The van der Waals surface area contributed by atoms with Gasteiger partial charge < -0.3 is 4.74 Å². The molecule has 0 unspecified atom stereocenters. The van der Waals surface area contributed by atoms with Crippen LogP contribution in [0.5, 0.6) is 6.01 Å². The Balaban J connectivity index is 2.40. The molecule has 0 fully saturated rings. The fraction of sp³-hybridized carbons (Fsp3) is 0.214. The van der Waals surface area contributed by atoms with E-state index in [1.807, 2.05) is 0 Å². The molecule has 0 saturated carbocycles. The van der Waals surface area contributed by atoms with Crippen molar-refractivity contribution in [2.75, 3.05) is 7.11 Å². The van der Waals surface area contributed by atoms with Crippen LogP contribution in [0, 0.1) is 6.92 Å². The van der Waals surface area contributed by atoms with Crippen molar-refractivity contribution < 1.29 is 9.53 Å². The van der Waals surface area contributed by atoms with Crippen molar-refractivity contribution in [2.24, 2.45) is 0 Å². The lowest BCUT2D eigenvalue weighted by Gasteiger charge is -2.11. The van der Waals surface area contributed by atoms with Crippen LogP contribution in [0.3, 0.4) is 0 Å². The van der Waals surface area contributed by atoms with Gasteiger partial charge in [0.1, 0.15) is 0 Å². The van der Waals surface area contributed by atoms with E-state index in [9.17, 15) is 9.59 Å². The van der Waals surface area contributed by atoms with Crippen LogP contribution in [-0.4, -0.2) is 22.4 Å². The van der Waals surface area contributed by atoms with E-state index in [1.54, 1.807) is 13.0 Å². The zero-order chi connectivity index (χ0) is 15.6. The third-order valence-corrected chi connectivity index (χ3v) is 3.38. The lowest BCUT2D eigenvalue weighted by molar-refractivity contribution is 0.0966. The molecule has 5 nitrogen and oxygen atoms in total. The average molecular weight is 327 g/mol. The van der Waals surface area contributed by atoms with E-state index in [2.05, 4.69) is 4.98 Å². The summed E-state index contributed by atoms with van der Waals surface area (Å²) in [7, 11) is 1.38. The molecule has 0 spiro atoms. The monoisotopic (exact) mass is 326 g/mol. The Labute approximate surface area is 131 Å². The molecular formula is C14H12Cl2N2O3. The lowest BCUT2D eigenvalue weighted by Crippen LogP contribution is -2.26. The first kappa shape index (κ1) is 15.5. The number of Topliss-reactive ketones (excluding diaryl/α,β-unsaturated/α-hetero) is 1. The molecule has 0 bridgehead atoms. The maximum Gasteiger partial charge on any atom is 0.299 e. The van der Waals surface area contributed by atoms with Crippen molar-refractivity contribution >= 4 is 29.0 Å². The highest BCUT2D eigenvalue weighted by Crippen LogP contribution is 2.21. The Morgan fingerprint density at radius 2 is 2.05 bits per heavy atom. The third kappa shape index (κ3) is 3.43. The highest BCUT2D eigenvalue weighted by Gasteiger charge is 2.16. The number of aromatic nitrogens is 2. The van der Waals surface area contributed by atoms with Crippen LogP contribution >= 0.6 is 23.2 Å². The largest absolute Gasteiger partial charge is 0.468 e. The van der Waals surface area contributed by atoms with E-state index in [4.69, 9.17) is 27.9 Å². The standard InChI is InChI=1S/C14H12Cl2N2O3/c1-8-5-13(20)18(14(17-8)21-2)7-12(19)10-6-9(15)3-4-11(10)16/h3-6H,7H2,1-2H3. The smallest absolute Gasteiger partial charge is 0.299 e. The molecule has 1 aromatic heterocycles. The molecule has 1 aromatic carbocycles. The minimum atomic E-state index is -0.370. The zero-order valence-corrected chi connectivity index (χ0v) is 12.9. The quantitative estimate of drug-likeness (QED) is 0.810. The van der Waals surface area contributed by atoms with Crippen LogP contribution in [0.15, 0.2) is 29.1 Å². The van der Waals surface area contributed by atoms with E-state index in [1.165, 1.54) is 25.3 Å². The van der Waals surface area contributed by atoms with Crippen LogP contribution < -0.4 is 10.3 Å². The maximum absolute atomic E-state index is 12.3. The Morgan fingerprint density at radius 1 is 1.33 bits per heavy atom. The summed E-state index contributed by atoms with van der Waals surface area (Å²) in [6.07, 6.45) is 0. The summed E-state index contributed by atoms with van der Waals surface area (Å²) in [4.78, 5) is 28.3. The van der Waals surface area contributed by atoms with Crippen LogP contribution in [0.1, 0.15) is 16.1 Å². The van der Waals surface area contributed by atoms with E-state index in [-0.39, 0.29) is 34.5 Å². The molecule has 21 heavy (non-hydrogen) atoms. The molecule has 0 aliphatic rings. The number of halogens is 2. The summed E-state index contributed by atoms with van der Waals surface area (Å²) < 4.78 is 6.18. The van der Waals surface area contributed by atoms with Gasteiger partial charge >= 0.3 is 0 Å². The number of aryl methyl sites for hydroxylation is 1. The van der Waals surface area contributed by atoms with Gasteiger partial charge in [0, 0.05) is 22.3 Å². The van der Waals surface area contributed by atoms with Gasteiger partial charge in [-0.25, -0.2) is 4.98 Å². The second-order valence-electron chi connectivity index (χ2n) is 4.36. The number of ether oxygens (including phenoxy) is 1. The topological polar surface area (TPSA) is 61.2 Å². The predicted octanol–water partition coefficient (Wildman–Crippen LogP) is 2.75. The normalized spacial score (nSPS) is 10.5. The Morgan fingerprint density at radius 3 is 2.71 bits per heavy atom. The predicted molar refractivity (Wildman–Crippen MR) is 80.6 cm³/mol. The SMILES string of the molecule is COc1nc(C)cc(=O)n1CC(=O)c1cc(Cl)ccc1Cl. The van der Waals surface area contributed by atoms with E-state index < -0.39 is 0 Å². The first-order chi connectivity index (χ1) is 9.92. The van der Waals surface area contributed by atoms with E-state index >= 15 is 0 Å². The molecule has 110 valence electrons. The molecule has 1 heterocycles. The van der Waals surface area contributed by atoms with Gasteiger partial charge in [-0.3, -0.25) is 14.2 Å². The minimum absolute atomic E-state index is 0.0755. The number of carbonyl (C=O) groups is 1. The van der Waals surface area contributed by atoms with Crippen LogP contribution in [0.4, 0.5) is 0 Å². The highest BCUT2D eigenvalue weighted by atomic mass is 35.5. The lowest BCUT2D eigenvalue weighted by atomic mass is 10.1.